The number of methoxy groups -OCH3 is 1. The summed E-state index contributed by atoms with van der Waals surface area (Å²) >= 11 is 3.22. The average Bonchev–Trinajstić information content (AvgIpc) is 3.01. The van der Waals surface area contributed by atoms with Gasteiger partial charge >= 0.3 is 5.97 Å². The highest BCUT2D eigenvalue weighted by atomic mass is 79.9. The van der Waals surface area contributed by atoms with Crippen LogP contribution in [-0.4, -0.2) is 26.5 Å². The number of hydrogen-bond donors (Lipinski definition) is 2. The lowest BCUT2D eigenvalue weighted by atomic mass is 10.2. The number of carbonyl (C=O) groups excluding carboxylic acids is 1. The van der Waals surface area contributed by atoms with Crippen LogP contribution >= 0.6 is 15.9 Å². The molecule has 0 aliphatic rings. The smallest absolute Gasteiger partial charge is 0.339 e. The molecule has 6 nitrogen and oxygen atoms in total. The molecule has 0 unspecified atom stereocenters. The van der Waals surface area contributed by atoms with Gasteiger partial charge in [-0.15, -0.1) is 0 Å². The number of carbonyl (C=O) groups is 1. The van der Waals surface area contributed by atoms with E-state index in [1.165, 1.54) is 19.2 Å². The minimum atomic E-state index is -3.95. The van der Waals surface area contributed by atoms with Crippen molar-refractivity contribution in [3.05, 3.63) is 58.7 Å². The van der Waals surface area contributed by atoms with Crippen LogP contribution in [0.25, 0.3) is 10.9 Å². The molecule has 3 aromatic rings. The molecule has 0 bridgehead atoms. The Bertz CT molecular complexity index is 1030. The summed E-state index contributed by atoms with van der Waals surface area (Å²) in [4.78, 5) is 14.8. The van der Waals surface area contributed by atoms with Crippen LogP contribution in [0.1, 0.15) is 10.4 Å². The molecule has 3 rings (SSSR count). The van der Waals surface area contributed by atoms with E-state index in [2.05, 4.69) is 30.4 Å². The lowest BCUT2D eigenvalue weighted by molar-refractivity contribution is 0.0596. The Balaban J connectivity index is 2.02. The van der Waals surface area contributed by atoms with Crippen molar-refractivity contribution in [2.45, 2.75) is 4.90 Å². The number of anilines is 1. The quantitative estimate of drug-likeness (QED) is 0.646. The van der Waals surface area contributed by atoms with Crippen LogP contribution in [0.4, 0.5) is 5.69 Å². The second-order valence-electron chi connectivity index (χ2n) is 5.02. The summed E-state index contributed by atoms with van der Waals surface area (Å²) in [5, 5.41) is 0.874. The maximum Gasteiger partial charge on any atom is 0.339 e. The van der Waals surface area contributed by atoms with E-state index in [-0.39, 0.29) is 10.5 Å². The van der Waals surface area contributed by atoms with Crippen molar-refractivity contribution in [1.29, 1.82) is 0 Å². The number of benzene rings is 2. The van der Waals surface area contributed by atoms with E-state index >= 15 is 0 Å². The number of halogens is 1. The lowest BCUT2D eigenvalue weighted by Crippen LogP contribution is -2.17. The highest BCUT2D eigenvalue weighted by molar-refractivity contribution is 9.10. The molecule has 8 heteroatoms. The van der Waals surface area contributed by atoms with E-state index in [1.807, 2.05) is 6.07 Å². The minimum Gasteiger partial charge on any atom is -0.465 e. The van der Waals surface area contributed by atoms with Crippen LogP contribution in [-0.2, 0) is 14.8 Å². The number of aromatic nitrogens is 1. The maximum absolute atomic E-state index is 12.7. The van der Waals surface area contributed by atoms with E-state index in [0.717, 1.165) is 10.9 Å². The first-order chi connectivity index (χ1) is 11.4. The summed E-state index contributed by atoms with van der Waals surface area (Å²) in [5.74, 6) is -0.724. The minimum absolute atomic E-state index is 0.0397. The van der Waals surface area contributed by atoms with Crippen molar-refractivity contribution in [2.75, 3.05) is 11.8 Å². The molecular formula is C16H13BrN2O4S. The number of fused-ring (bicyclic) bond motifs is 1. The lowest BCUT2D eigenvalue weighted by Gasteiger charge is -2.12. The van der Waals surface area contributed by atoms with Crippen LogP contribution in [0, 0.1) is 0 Å². The molecule has 24 heavy (non-hydrogen) atoms. The molecule has 2 N–H and O–H groups in total. The van der Waals surface area contributed by atoms with Crippen molar-refractivity contribution in [2.24, 2.45) is 0 Å². The second-order valence-corrected chi connectivity index (χ2v) is 7.58. The Hall–Kier alpha value is -2.32. The maximum atomic E-state index is 12.7. The predicted molar refractivity (Wildman–Crippen MR) is 94.6 cm³/mol. The Morgan fingerprint density at radius 2 is 1.96 bits per heavy atom. The first-order valence-corrected chi connectivity index (χ1v) is 9.16. The normalized spacial score (nSPS) is 11.4. The fourth-order valence-electron chi connectivity index (χ4n) is 2.33. The van der Waals surface area contributed by atoms with E-state index < -0.39 is 16.0 Å². The third-order valence-electron chi connectivity index (χ3n) is 3.44. The van der Waals surface area contributed by atoms with Crippen molar-refractivity contribution in [3.63, 3.8) is 0 Å². The first-order valence-electron chi connectivity index (χ1n) is 6.88. The number of nitrogens with one attached hydrogen (secondary N) is 2. The molecule has 2 aromatic carbocycles. The molecule has 124 valence electrons. The van der Waals surface area contributed by atoms with E-state index in [4.69, 9.17) is 0 Å². The van der Waals surface area contributed by atoms with Crippen LogP contribution in [0.5, 0.6) is 0 Å². The summed E-state index contributed by atoms with van der Waals surface area (Å²) in [7, 11) is -2.75. The van der Waals surface area contributed by atoms with E-state index in [0.29, 0.717) is 10.2 Å². The SMILES string of the molecule is COC(=O)c1cc(Br)ccc1S(=O)(=O)Nc1ccc2[nH]ccc2c1. The number of aromatic amines is 1. The molecule has 0 amide bonds. The zero-order valence-corrected chi connectivity index (χ0v) is 14.9. The monoisotopic (exact) mass is 408 g/mol. The van der Waals surface area contributed by atoms with Gasteiger partial charge in [0.2, 0.25) is 0 Å². The van der Waals surface area contributed by atoms with Crippen LogP contribution in [0.3, 0.4) is 0 Å². The van der Waals surface area contributed by atoms with Crippen molar-refractivity contribution < 1.29 is 17.9 Å². The molecule has 0 radical (unpaired) electrons. The molecule has 0 atom stereocenters. The third-order valence-corrected chi connectivity index (χ3v) is 5.37. The number of hydrogen-bond acceptors (Lipinski definition) is 4. The van der Waals surface area contributed by atoms with Crippen LogP contribution in [0.15, 0.2) is 58.0 Å². The van der Waals surface area contributed by atoms with Gasteiger partial charge in [-0.1, -0.05) is 15.9 Å². The van der Waals surface area contributed by atoms with E-state index in [9.17, 15) is 13.2 Å². The number of sulfonamides is 1. The van der Waals surface area contributed by atoms with Crippen LogP contribution < -0.4 is 4.72 Å². The zero-order chi connectivity index (χ0) is 17.3. The second kappa shape index (κ2) is 6.29. The van der Waals surface area contributed by atoms with Crippen LogP contribution in [0.2, 0.25) is 0 Å². The summed E-state index contributed by atoms with van der Waals surface area (Å²) in [6.07, 6.45) is 1.77. The van der Waals surface area contributed by atoms with Gasteiger partial charge in [0.25, 0.3) is 10.0 Å². The summed E-state index contributed by atoms with van der Waals surface area (Å²) in [6, 6.07) is 11.3. The summed E-state index contributed by atoms with van der Waals surface area (Å²) in [6.45, 7) is 0. The molecule has 0 saturated heterocycles. The van der Waals surface area contributed by atoms with Gasteiger partial charge in [0.05, 0.1) is 12.7 Å². The Morgan fingerprint density at radius 3 is 2.71 bits per heavy atom. The van der Waals surface area contributed by atoms with Gasteiger partial charge in [-0.05, 0) is 42.5 Å². The molecule has 1 heterocycles. The van der Waals surface area contributed by atoms with Gasteiger partial charge in [-0.2, -0.15) is 0 Å². The van der Waals surface area contributed by atoms with Gasteiger partial charge in [-0.3, -0.25) is 4.72 Å². The van der Waals surface area contributed by atoms with Gasteiger partial charge in [0.1, 0.15) is 4.90 Å². The highest BCUT2D eigenvalue weighted by Crippen LogP contribution is 2.25. The molecule has 0 fully saturated rings. The molecule has 1 aromatic heterocycles. The molecule has 0 aliphatic carbocycles. The fraction of sp³-hybridized carbons (Fsp3) is 0.0625. The molecule has 0 saturated carbocycles. The largest absolute Gasteiger partial charge is 0.465 e. The highest BCUT2D eigenvalue weighted by Gasteiger charge is 2.23. The van der Waals surface area contributed by atoms with Crippen molar-refractivity contribution in [1.82, 2.24) is 4.98 Å². The number of esters is 1. The first kappa shape index (κ1) is 16.5. The van der Waals surface area contributed by atoms with Gasteiger partial charge in [-0.25, -0.2) is 13.2 Å². The number of H-pyrrole nitrogens is 1. The summed E-state index contributed by atoms with van der Waals surface area (Å²) < 4.78 is 33.1. The number of ether oxygens (including phenoxy) is 1. The van der Waals surface area contributed by atoms with Gasteiger partial charge < -0.3 is 9.72 Å². The number of rotatable bonds is 4. The zero-order valence-electron chi connectivity index (χ0n) is 12.5. The standard InChI is InChI=1S/C16H13BrN2O4S/c1-23-16(20)13-9-11(17)2-5-15(13)24(21,22)19-12-3-4-14-10(8-12)6-7-18-14/h2-9,18-19H,1H3. The Labute approximate surface area is 147 Å². The third kappa shape index (κ3) is 3.15. The van der Waals surface area contributed by atoms with Crippen molar-refractivity contribution >= 4 is 48.5 Å². The fourth-order valence-corrected chi connectivity index (χ4v) is 3.92. The predicted octanol–water partition coefficient (Wildman–Crippen LogP) is 3.52. The topological polar surface area (TPSA) is 88.3 Å². The molecular weight excluding hydrogens is 396 g/mol. The van der Waals surface area contributed by atoms with Gasteiger partial charge in [0, 0.05) is 27.3 Å². The Morgan fingerprint density at radius 1 is 1.17 bits per heavy atom. The van der Waals surface area contributed by atoms with Gasteiger partial charge in [0.15, 0.2) is 0 Å². The molecule has 0 spiro atoms. The van der Waals surface area contributed by atoms with Crippen molar-refractivity contribution in [3.8, 4) is 0 Å². The average molecular weight is 409 g/mol. The molecule has 0 aliphatic heterocycles. The van der Waals surface area contributed by atoms with E-state index in [1.54, 1.807) is 30.5 Å². The summed E-state index contributed by atoms with van der Waals surface area (Å²) in [5.41, 5.74) is 1.26. The Kier molecular flexibility index (Phi) is 4.33.